The van der Waals surface area contributed by atoms with Gasteiger partial charge in [0.2, 0.25) is 0 Å². The van der Waals surface area contributed by atoms with Crippen molar-refractivity contribution >= 4 is 5.78 Å². The molecule has 0 unspecified atom stereocenters. The summed E-state index contributed by atoms with van der Waals surface area (Å²) in [7, 11) is 0. The molecule has 0 aliphatic rings. The number of rotatable bonds is 4. The average molecular weight is 210 g/mol. The highest BCUT2D eigenvalue weighted by molar-refractivity contribution is 5.83. The maximum atomic E-state index is 11.7. The van der Waals surface area contributed by atoms with Crippen molar-refractivity contribution in [2.45, 2.75) is 52.6 Å². The van der Waals surface area contributed by atoms with Crippen molar-refractivity contribution in [1.29, 1.82) is 0 Å². The Morgan fingerprint density at radius 3 is 1.93 bits per heavy atom. The van der Waals surface area contributed by atoms with Gasteiger partial charge in [-0.25, -0.2) is 0 Å². The maximum Gasteiger partial charge on any atom is 0.389 e. The number of carbonyl (C=O) groups excluding carboxylic acids is 1. The average Bonchev–Trinajstić information content (AvgIpc) is 1.93. The molecule has 0 aromatic rings. The van der Waals surface area contributed by atoms with Crippen molar-refractivity contribution < 1.29 is 18.0 Å². The quantitative estimate of drug-likeness (QED) is 0.646. The van der Waals surface area contributed by atoms with E-state index >= 15 is 0 Å². The van der Waals surface area contributed by atoms with E-state index in [-0.39, 0.29) is 18.6 Å². The van der Waals surface area contributed by atoms with Crippen LogP contribution in [0.5, 0.6) is 0 Å². The zero-order valence-electron chi connectivity index (χ0n) is 8.87. The third-order valence-electron chi connectivity index (χ3n) is 1.95. The summed E-state index contributed by atoms with van der Waals surface area (Å²) < 4.78 is 35.2. The van der Waals surface area contributed by atoms with Crippen LogP contribution in [0.2, 0.25) is 0 Å². The molecule has 0 amide bonds. The number of Topliss-reactive ketones (excluding diaryl/α,β-unsaturated/α-hetero) is 1. The summed E-state index contributed by atoms with van der Waals surface area (Å²) in [5, 5.41) is 0. The molecule has 0 aliphatic carbocycles. The van der Waals surface area contributed by atoms with E-state index in [1.807, 2.05) is 0 Å². The second kappa shape index (κ2) is 4.80. The summed E-state index contributed by atoms with van der Waals surface area (Å²) in [6, 6.07) is 0. The normalized spacial score (nSPS) is 13.0. The maximum absolute atomic E-state index is 11.7. The van der Waals surface area contributed by atoms with Crippen LogP contribution in [-0.2, 0) is 4.79 Å². The van der Waals surface area contributed by atoms with Crippen molar-refractivity contribution in [3.05, 3.63) is 0 Å². The molecule has 84 valence electrons. The first-order valence-corrected chi connectivity index (χ1v) is 4.73. The van der Waals surface area contributed by atoms with Crippen LogP contribution in [0.15, 0.2) is 0 Å². The molecule has 1 nitrogen and oxygen atoms in total. The topological polar surface area (TPSA) is 17.1 Å². The van der Waals surface area contributed by atoms with E-state index in [2.05, 4.69) is 0 Å². The SMILES string of the molecule is CC(C)(C)C(=O)CCCCC(F)(F)F. The minimum atomic E-state index is -4.09. The minimum Gasteiger partial charge on any atom is -0.299 e. The highest BCUT2D eigenvalue weighted by Crippen LogP contribution is 2.24. The molecule has 0 N–H and O–H groups in total. The van der Waals surface area contributed by atoms with Crippen LogP contribution in [0, 0.1) is 5.41 Å². The lowest BCUT2D eigenvalue weighted by Crippen LogP contribution is -2.19. The third-order valence-corrected chi connectivity index (χ3v) is 1.95. The molecule has 0 saturated carbocycles. The lowest BCUT2D eigenvalue weighted by atomic mass is 9.88. The van der Waals surface area contributed by atoms with E-state index in [0.29, 0.717) is 6.42 Å². The molecule has 0 saturated heterocycles. The van der Waals surface area contributed by atoms with Gasteiger partial charge >= 0.3 is 6.18 Å². The van der Waals surface area contributed by atoms with Crippen LogP contribution >= 0.6 is 0 Å². The van der Waals surface area contributed by atoms with Crippen molar-refractivity contribution in [1.82, 2.24) is 0 Å². The minimum absolute atomic E-state index is 0.0275. The Bertz CT molecular complexity index is 189. The molecular formula is C10H17F3O. The van der Waals surface area contributed by atoms with Gasteiger partial charge in [0.1, 0.15) is 5.78 Å². The highest BCUT2D eigenvalue weighted by atomic mass is 19.4. The molecule has 0 heterocycles. The summed E-state index contributed by atoms with van der Waals surface area (Å²) in [4.78, 5) is 11.3. The highest BCUT2D eigenvalue weighted by Gasteiger charge is 2.26. The lowest BCUT2D eigenvalue weighted by molar-refractivity contribution is -0.137. The third kappa shape index (κ3) is 6.92. The van der Waals surface area contributed by atoms with Crippen molar-refractivity contribution in [3.8, 4) is 0 Å². The monoisotopic (exact) mass is 210 g/mol. The predicted octanol–water partition coefficient (Wildman–Crippen LogP) is 3.72. The molecular weight excluding hydrogens is 193 g/mol. The first-order chi connectivity index (χ1) is 6.13. The summed E-state index contributed by atoms with van der Waals surface area (Å²) in [6.45, 7) is 5.33. The van der Waals surface area contributed by atoms with E-state index < -0.39 is 18.0 Å². The Morgan fingerprint density at radius 1 is 1.07 bits per heavy atom. The number of carbonyl (C=O) groups is 1. The molecule has 0 spiro atoms. The first-order valence-electron chi connectivity index (χ1n) is 4.73. The molecule has 0 bridgehead atoms. The zero-order valence-corrected chi connectivity index (χ0v) is 8.87. The van der Waals surface area contributed by atoms with Crippen LogP contribution in [0.3, 0.4) is 0 Å². The second-order valence-corrected chi connectivity index (χ2v) is 4.50. The molecule has 0 radical (unpaired) electrons. The number of ketones is 1. The number of halogens is 3. The molecule has 14 heavy (non-hydrogen) atoms. The largest absolute Gasteiger partial charge is 0.389 e. The molecule has 0 atom stereocenters. The van der Waals surface area contributed by atoms with Gasteiger partial charge in [-0.3, -0.25) is 4.79 Å². The van der Waals surface area contributed by atoms with Gasteiger partial charge in [-0.15, -0.1) is 0 Å². The number of alkyl halides is 3. The first kappa shape index (κ1) is 13.5. The Morgan fingerprint density at radius 2 is 1.57 bits per heavy atom. The Balaban J connectivity index is 3.62. The van der Waals surface area contributed by atoms with Gasteiger partial charge in [-0.1, -0.05) is 20.8 Å². The standard InChI is InChI=1S/C10H17F3O/c1-9(2,3)8(14)6-4-5-7-10(11,12)13/h4-7H2,1-3H3. The summed E-state index contributed by atoms with van der Waals surface area (Å²) in [5.41, 5.74) is -0.432. The molecule has 0 rings (SSSR count). The van der Waals surface area contributed by atoms with Gasteiger partial charge in [0.15, 0.2) is 0 Å². The van der Waals surface area contributed by atoms with Gasteiger partial charge in [0.25, 0.3) is 0 Å². The Hall–Kier alpha value is -0.540. The second-order valence-electron chi connectivity index (χ2n) is 4.50. The van der Waals surface area contributed by atoms with E-state index in [0.717, 1.165) is 0 Å². The lowest BCUT2D eigenvalue weighted by Gasteiger charge is -2.16. The van der Waals surface area contributed by atoms with E-state index in [9.17, 15) is 18.0 Å². The van der Waals surface area contributed by atoms with Crippen molar-refractivity contribution in [2.75, 3.05) is 0 Å². The summed E-state index contributed by atoms with van der Waals surface area (Å²) >= 11 is 0. The fourth-order valence-corrected chi connectivity index (χ4v) is 0.986. The fraction of sp³-hybridized carbons (Fsp3) is 0.900. The van der Waals surface area contributed by atoms with Gasteiger partial charge in [0, 0.05) is 18.3 Å². The number of hydrogen-bond donors (Lipinski definition) is 0. The molecule has 0 aromatic carbocycles. The van der Waals surface area contributed by atoms with Crippen LogP contribution in [0.4, 0.5) is 13.2 Å². The van der Waals surface area contributed by atoms with Crippen molar-refractivity contribution in [2.24, 2.45) is 5.41 Å². The van der Waals surface area contributed by atoms with Crippen LogP contribution < -0.4 is 0 Å². The summed E-state index contributed by atoms with van der Waals surface area (Å²) in [5.74, 6) is 0.0275. The van der Waals surface area contributed by atoms with Gasteiger partial charge < -0.3 is 0 Å². The number of unbranched alkanes of at least 4 members (excludes halogenated alkanes) is 1. The molecule has 0 aromatic heterocycles. The predicted molar refractivity (Wildman–Crippen MR) is 49.0 cm³/mol. The van der Waals surface area contributed by atoms with Gasteiger partial charge in [-0.05, 0) is 12.8 Å². The smallest absolute Gasteiger partial charge is 0.299 e. The van der Waals surface area contributed by atoms with Crippen LogP contribution in [0.1, 0.15) is 46.5 Å². The Labute approximate surface area is 82.7 Å². The van der Waals surface area contributed by atoms with E-state index in [4.69, 9.17) is 0 Å². The van der Waals surface area contributed by atoms with Crippen LogP contribution in [0.25, 0.3) is 0 Å². The number of hydrogen-bond acceptors (Lipinski definition) is 1. The Kier molecular flexibility index (Phi) is 4.62. The zero-order chi connectivity index (χ0) is 11.4. The molecule has 4 heteroatoms. The van der Waals surface area contributed by atoms with E-state index in [1.165, 1.54) is 0 Å². The fourth-order valence-electron chi connectivity index (χ4n) is 0.986. The van der Waals surface area contributed by atoms with Crippen LogP contribution in [-0.4, -0.2) is 12.0 Å². The van der Waals surface area contributed by atoms with Gasteiger partial charge in [0.05, 0.1) is 0 Å². The van der Waals surface area contributed by atoms with E-state index in [1.54, 1.807) is 20.8 Å². The van der Waals surface area contributed by atoms with Gasteiger partial charge in [-0.2, -0.15) is 13.2 Å². The van der Waals surface area contributed by atoms with Crippen molar-refractivity contribution in [3.63, 3.8) is 0 Å². The molecule has 0 fully saturated rings. The molecule has 0 aliphatic heterocycles. The summed E-state index contributed by atoms with van der Waals surface area (Å²) in [6.07, 6.45) is -4.25.